The van der Waals surface area contributed by atoms with E-state index in [2.05, 4.69) is 20.4 Å². The Morgan fingerprint density at radius 2 is 2.00 bits per heavy atom. The zero-order chi connectivity index (χ0) is 29.3. The van der Waals surface area contributed by atoms with Crippen LogP contribution < -0.4 is 11.1 Å². The quantitative estimate of drug-likeness (QED) is 0.252. The van der Waals surface area contributed by atoms with Gasteiger partial charge in [0.1, 0.15) is 18.8 Å². The number of halogens is 3. The molecule has 3 heterocycles. The number of nitrogens with zero attached hydrogens (tertiary/aromatic N) is 5. The Bertz CT molecular complexity index is 1760. The molecule has 0 spiro atoms. The smallest absolute Gasteiger partial charge is 0.269 e. The molecule has 1 aliphatic rings. The molecule has 0 saturated carbocycles. The van der Waals surface area contributed by atoms with Gasteiger partial charge in [-0.3, -0.25) is 24.0 Å². The highest BCUT2D eigenvalue weighted by atomic mass is 35.5. The molecular weight excluding hydrogens is 560 g/mol. The molecule has 1 fully saturated rings. The largest absolute Gasteiger partial charge is 0.364 e. The van der Waals surface area contributed by atoms with Gasteiger partial charge in [-0.15, -0.1) is 0 Å². The van der Waals surface area contributed by atoms with Gasteiger partial charge in [-0.2, -0.15) is 10.1 Å². The number of nitrogens with two attached hydrogens (primary N) is 1. The number of anilines is 1. The summed E-state index contributed by atoms with van der Waals surface area (Å²) in [5, 5.41) is 7.01. The number of nitrogens with one attached hydrogen (secondary N) is 1. The molecule has 3 amide bonds. The molecular formula is C27H20ClF2N7O4. The molecule has 2 unspecified atom stereocenters. The number of aliphatic imine (C=N–C) groups is 1. The lowest BCUT2D eigenvalue weighted by Gasteiger charge is -2.24. The first-order valence-electron chi connectivity index (χ1n) is 12.2. The zero-order valence-corrected chi connectivity index (χ0v) is 21.8. The summed E-state index contributed by atoms with van der Waals surface area (Å²) >= 11 is 6.15. The number of isocyanates is 1. The SMILES string of the molecule is NC(=O)c1nn(CC(=O)N2CC(F)CC2C(=O)Nc2cccc(-c3ncccc3Cl)c2F)c2ccc(N=C=O)cc12. The predicted molar refractivity (Wildman–Crippen MR) is 144 cm³/mol. The fourth-order valence-corrected chi connectivity index (χ4v) is 4.95. The molecule has 208 valence electrons. The summed E-state index contributed by atoms with van der Waals surface area (Å²) in [6.07, 6.45) is 1.04. The molecule has 0 radical (unpaired) electrons. The first-order valence-corrected chi connectivity index (χ1v) is 12.6. The van der Waals surface area contributed by atoms with E-state index in [0.29, 0.717) is 5.52 Å². The van der Waals surface area contributed by atoms with Gasteiger partial charge in [0.05, 0.1) is 34.2 Å². The van der Waals surface area contributed by atoms with Crippen LogP contribution in [0.3, 0.4) is 0 Å². The fraction of sp³-hybridized carbons (Fsp3) is 0.185. The molecule has 41 heavy (non-hydrogen) atoms. The minimum Gasteiger partial charge on any atom is -0.364 e. The summed E-state index contributed by atoms with van der Waals surface area (Å²) in [6, 6.07) is 10.5. The third-order valence-electron chi connectivity index (χ3n) is 6.57. The van der Waals surface area contributed by atoms with E-state index >= 15 is 4.39 Å². The summed E-state index contributed by atoms with van der Waals surface area (Å²) in [6.45, 7) is -0.832. The molecule has 3 N–H and O–H groups in total. The Labute approximate surface area is 235 Å². The van der Waals surface area contributed by atoms with Crippen LogP contribution in [0.4, 0.5) is 20.2 Å². The second-order valence-corrected chi connectivity index (χ2v) is 9.57. The third kappa shape index (κ3) is 5.40. The number of pyridine rings is 1. The molecule has 2 aromatic heterocycles. The standard InChI is InChI=1S/C27H20ClF2N7O4/c28-18-4-2-8-32-24(18)16-3-1-5-19(23(16)30)34-27(41)21-9-14(29)11-36(21)22(39)12-37-20-7-6-15(33-13-38)10-17(20)25(35-37)26(31)40/h1-8,10,14,21H,9,11-12H2,(H2,31,40)(H,34,41). The molecule has 1 saturated heterocycles. The highest BCUT2D eigenvalue weighted by Crippen LogP contribution is 2.32. The van der Waals surface area contributed by atoms with Crippen molar-refractivity contribution in [3.8, 4) is 11.3 Å². The van der Waals surface area contributed by atoms with Gasteiger partial charge in [-0.25, -0.2) is 13.6 Å². The highest BCUT2D eigenvalue weighted by Gasteiger charge is 2.40. The predicted octanol–water partition coefficient (Wildman–Crippen LogP) is 3.53. The van der Waals surface area contributed by atoms with Gasteiger partial charge in [0.15, 0.2) is 11.5 Å². The number of primary amides is 1. The first-order chi connectivity index (χ1) is 19.7. The van der Waals surface area contributed by atoms with E-state index in [0.717, 1.165) is 4.90 Å². The van der Waals surface area contributed by atoms with Gasteiger partial charge in [-0.05, 0) is 42.5 Å². The number of fused-ring (bicyclic) bond motifs is 1. The molecule has 0 aliphatic carbocycles. The summed E-state index contributed by atoms with van der Waals surface area (Å²) in [4.78, 5) is 57.7. The van der Waals surface area contributed by atoms with Gasteiger partial charge < -0.3 is 16.0 Å². The van der Waals surface area contributed by atoms with E-state index in [-0.39, 0.29) is 51.7 Å². The summed E-state index contributed by atoms with van der Waals surface area (Å²) in [5.41, 5.74) is 5.81. The number of amides is 3. The van der Waals surface area contributed by atoms with Gasteiger partial charge >= 0.3 is 0 Å². The zero-order valence-electron chi connectivity index (χ0n) is 21.1. The van der Waals surface area contributed by atoms with E-state index in [1.807, 2.05) is 0 Å². The average molecular weight is 580 g/mol. The minimum absolute atomic E-state index is 0.0499. The van der Waals surface area contributed by atoms with Crippen LogP contribution in [-0.2, 0) is 20.9 Å². The second-order valence-electron chi connectivity index (χ2n) is 9.16. The lowest BCUT2D eigenvalue weighted by molar-refractivity contribution is -0.137. The number of rotatable bonds is 7. The number of carbonyl (C=O) groups is 3. The molecule has 11 nitrogen and oxygen atoms in total. The van der Waals surface area contributed by atoms with Crippen LogP contribution in [-0.4, -0.2) is 62.2 Å². The van der Waals surface area contributed by atoms with Gasteiger partial charge in [0.2, 0.25) is 17.9 Å². The normalized spacial score (nSPS) is 16.4. The van der Waals surface area contributed by atoms with Crippen molar-refractivity contribution in [1.29, 1.82) is 0 Å². The van der Waals surface area contributed by atoms with Gasteiger partial charge in [-0.1, -0.05) is 17.7 Å². The van der Waals surface area contributed by atoms with Crippen molar-refractivity contribution in [2.24, 2.45) is 10.7 Å². The monoisotopic (exact) mass is 579 g/mol. The highest BCUT2D eigenvalue weighted by molar-refractivity contribution is 6.33. The van der Waals surface area contributed by atoms with Crippen molar-refractivity contribution >= 4 is 57.7 Å². The number of likely N-dealkylation sites (tertiary alicyclic amines) is 1. The van der Waals surface area contributed by atoms with E-state index in [4.69, 9.17) is 17.3 Å². The molecule has 2 atom stereocenters. The van der Waals surface area contributed by atoms with E-state index < -0.39 is 42.3 Å². The van der Waals surface area contributed by atoms with Crippen LogP contribution in [0.25, 0.3) is 22.2 Å². The number of carbonyl (C=O) groups excluding carboxylic acids is 4. The van der Waals surface area contributed by atoms with Gasteiger partial charge in [0.25, 0.3) is 5.91 Å². The summed E-state index contributed by atoms with van der Waals surface area (Å²) in [7, 11) is 0. The van der Waals surface area contributed by atoms with Crippen molar-refractivity contribution in [3.05, 3.63) is 71.3 Å². The van der Waals surface area contributed by atoms with Crippen molar-refractivity contribution < 1.29 is 28.0 Å². The van der Waals surface area contributed by atoms with Crippen molar-refractivity contribution in [2.45, 2.75) is 25.2 Å². The Kier molecular flexibility index (Phi) is 7.56. The molecule has 2 aromatic carbocycles. The lowest BCUT2D eigenvalue weighted by atomic mass is 10.1. The summed E-state index contributed by atoms with van der Waals surface area (Å²) in [5.74, 6) is -3.14. The lowest BCUT2D eigenvalue weighted by Crippen LogP contribution is -2.44. The maximum Gasteiger partial charge on any atom is 0.269 e. The van der Waals surface area contributed by atoms with E-state index in [1.165, 1.54) is 53.4 Å². The molecule has 0 bridgehead atoms. The van der Waals surface area contributed by atoms with Crippen molar-refractivity contribution in [3.63, 3.8) is 0 Å². The molecule has 1 aliphatic heterocycles. The summed E-state index contributed by atoms with van der Waals surface area (Å²) < 4.78 is 31.1. The Morgan fingerprint density at radius 3 is 2.73 bits per heavy atom. The van der Waals surface area contributed by atoms with E-state index in [9.17, 15) is 23.6 Å². The topological polar surface area (TPSA) is 153 Å². The second kappa shape index (κ2) is 11.2. The van der Waals surface area contributed by atoms with Crippen LogP contribution >= 0.6 is 11.6 Å². The first kappa shape index (κ1) is 27.6. The van der Waals surface area contributed by atoms with Crippen LogP contribution in [0.5, 0.6) is 0 Å². The van der Waals surface area contributed by atoms with Crippen molar-refractivity contribution in [1.82, 2.24) is 19.7 Å². The number of aromatic nitrogens is 3. The number of alkyl halides is 1. The Hall–Kier alpha value is -5.00. The minimum atomic E-state index is -1.50. The van der Waals surface area contributed by atoms with Crippen LogP contribution in [0.2, 0.25) is 5.02 Å². The molecule has 5 rings (SSSR count). The molecule has 14 heteroatoms. The maximum absolute atomic E-state index is 15.4. The maximum atomic E-state index is 15.4. The molecule has 4 aromatic rings. The third-order valence-corrected chi connectivity index (χ3v) is 6.88. The number of benzene rings is 2. The van der Waals surface area contributed by atoms with Crippen LogP contribution in [0.15, 0.2) is 59.7 Å². The van der Waals surface area contributed by atoms with E-state index in [1.54, 1.807) is 12.1 Å². The number of hydrogen-bond acceptors (Lipinski definition) is 7. The average Bonchev–Trinajstić information content (AvgIpc) is 3.51. The van der Waals surface area contributed by atoms with Gasteiger partial charge in [0, 0.05) is 23.6 Å². The van der Waals surface area contributed by atoms with Crippen LogP contribution in [0, 0.1) is 5.82 Å². The fourth-order valence-electron chi connectivity index (χ4n) is 4.73. The Morgan fingerprint density at radius 1 is 1.20 bits per heavy atom. The van der Waals surface area contributed by atoms with Crippen LogP contribution in [0.1, 0.15) is 16.9 Å². The Balaban J connectivity index is 1.39. The van der Waals surface area contributed by atoms with Crippen molar-refractivity contribution in [2.75, 3.05) is 11.9 Å². The number of hydrogen-bond donors (Lipinski definition) is 2.